The van der Waals surface area contributed by atoms with Gasteiger partial charge in [0.1, 0.15) is 9.84 Å². The molecule has 5 nitrogen and oxygen atoms in total. The van der Waals surface area contributed by atoms with E-state index >= 15 is 0 Å². The number of benzene rings is 1. The molecule has 1 amide bonds. The molecule has 1 aliphatic heterocycles. The van der Waals surface area contributed by atoms with Gasteiger partial charge in [0.25, 0.3) is 0 Å². The highest BCUT2D eigenvalue weighted by Gasteiger charge is 2.28. The average Bonchev–Trinajstić information content (AvgIpc) is 2.52. The maximum Gasteiger partial charge on any atom is 0.222 e. The Morgan fingerprint density at radius 1 is 1.27 bits per heavy atom. The summed E-state index contributed by atoms with van der Waals surface area (Å²) in [6.07, 6.45) is 3.37. The van der Waals surface area contributed by atoms with Crippen molar-refractivity contribution < 1.29 is 13.2 Å². The Morgan fingerprint density at radius 2 is 1.86 bits per heavy atom. The number of likely N-dealkylation sites (tertiary alicyclic amines) is 1. The third-order valence-electron chi connectivity index (χ3n) is 4.11. The van der Waals surface area contributed by atoms with Crippen molar-refractivity contribution in [2.24, 2.45) is 0 Å². The van der Waals surface area contributed by atoms with Crippen molar-refractivity contribution in [1.82, 2.24) is 4.90 Å². The van der Waals surface area contributed by atoms with E-state index in [1.807, 2.05) is 12.1 Å². The highest BCUT2D eigenvalue weighted by atomic mass is 32.2. The lowest BCUT2D eigenvalue weighted by molar-refractivity contribution is -0.132. The van der Waals surface area contributed by atoms with Crippen molar-refractivity contribution in [1.29, 1.82) is 5.26 Å². The Labute approximate surface area is 131 Å². The number of sulfone groups is 1. The zero-order chi connectivity index (χ0) is 16.2. The number of hydrogen-bond donors (Lipinski definition) is 0. The molecule has 1 fully saturated rings. The predicted molar refractivity (Wildman–Crippen MR) is 83.9 cm³/mol. The molecular weight excluding hydrogens is 300 g/mol. The van der Waals surface area contributed by atoms with E-state index in [4.69, 9.17) is 5.26 Å². The number of piperidine rings is 1. The molecule has 2 rings (SSSR count). The first-order valence-electron chi connectivity index (χ1n) is 7.36. The number of nitriles is 1. The minimum Gasteiger partial charge on any atom is -0.343 e. The summed E-state index contributed by atoms with van der Waals surface area (Å²) >= 11 is 0. The standard InChI is InChI=1S/C16H20N2O3S/c1-22(20,21)15-8-10-18(11-9-15)16(19)7-6-13-2-4-14(12-17)5-3-13/h2-5,15H,6-11H2,1H3. The van der Waals surface area contributed by atoms with E-state index in [2.05, 4.69) is 6.07 Å². The average molecular weight is 320 g/mol. The second kappa shape index (κ2) is 6.93. The molecule has 1 saturated heterocycles. The zero-order valence-corrected chi connectivity index (χ0v) is 13.5. The fourth-order valence-corrected chi connectivity index (χ4v) is 3.76. The molecule has 0 spiro atoms. The topological polar surface area (TPSA) is 78.2 Å². The van der Waals surface area contributed by atoms with Crippen molar-refractivity contribution in [3.63, 3.8) is 0 Å². The minimum atomic E-state index is -3.00. The molecule has 118 valence electrons. The zero-order valence-electron chi connectivity index (χ0n) is 12.7. The summed E-state index contributed by atoms with van der Waals surface area (Å²) in [7, 11) is -3.00. The first-order valence-corrected chi connectivity index (χ1v) is 9.31. The molecule has 1 aliphatic rings. The second-order valence-corrected chi connectivity index (χ2v) is 8.04. The Bertz CT molecular complexity index is 666. The number of carbonyl (C=O) groups is 1. The molecule has 0 radical (unpaired) electrons. The fourth-order valence-electron chi connectivity index (χ4n) is 2.69. The summed E-state index contributed by atoms with van der Waals surface area (Å²) in [5.74, 6) is 0.0660. The van der Waals surface area contributed by atoms with E-state index in [0.717, 1.165) is 5.56 Å². The maximum atomic E-state index is 12.2. The Balaban J connectivity index is 1.82. The van der Waals surface area contributed by atoms with Crippen LogP contribution in [0.15, 0.2) is 24.3 Å². The first-order chi connectivity index (χ1) is 10.4. The summed E-state index contributed by atoms with van der Waals surface area (Å²) in [6.45, 7) is 1.04. The molecule has 1 aromatic carbocycles. The summed E-state index contributed by atoms with van der Waals surface area (Å²) in [6, 6.07) is 9.28. The van der Waals surface area contributed by atoms with Gasteiger partial charge >= 0.3 is 0 Å². The Hall–Kier alpha value is -1.87. The van der Waals surface area contributed by atoms with Gasteiger partial charge in [-0.1, -0.05) is 12.1 Å². The molecule has 22 heavy (non-hydrogen) atoms. The number of nitrogens with zero attached hydrogens (tertiary/aromatic N) is 2. The van der Waals surface area contributed by atoms with E-state index in [1.165, 1.54) is 6.26 Å². The molecule has 0 N–H and O–H groups in total. The number of hydrogen-bond acceptors (Lipinski definition) is 4. The van der Waals surface area contributed by atoms with Crippen LogP contribution in [0.1, 0.15) is 30.4 Å². The van der Waals surface area contributed by atoms with Crippen LogP contribution < -0.4 is 0 Å². The predicted octanol–water partition coefficient (Wildman–Crippen LogP) is 1.53. The number of rotatable bonds is 4. The van der Waals surface area contributed by atoms with Crippen molar-refractivity contribution in [3.05, 3.63) is 35.4 Å². The van der Waals surface area contributed by atoms with Crippen molar-refractivity contribution in [3.8, 4) is 6.07 Å². The van der Waals surface area contributed by atoms with Crippen LogP contribution in [0.25, 0.3) is 0 Å². The summed E-state index contributed by atoms with van der Waals surface area (Å²) < 4.78 is 23.0. The van der Waals surface area contributed by atoms with Crippen LogP contribution in [0, 0.1) is 11.3 Å². The van der Waals surface area contributed by atoms with Crippen LogP contribution in [0.2, 0.25) is 0 Å². The van der Waals surface area contributed by atoms with Gasteiger partial charge in [-0.05, 0) is 37.0 Å². The number of carbonyl (C=O) groups excluding carboxylic acids is 1. The molecule has 0 saturated carbocycles. The SMILES string of the molecule is CS(=O)(=O)C1CCN(C(=O)CCc2ccc(C#N)cc2)CC1. The van der Waals surface area contributed by atoms with E-state index in [1.54, 1.807) is 17.0 Å². The summed E-state index contributed by atoms with van der Waals surface area (Å²) in [5.41, 5.74) is 1.64. The van der Waals surface area contributed by atoms with Crippen molar-refractivity contribution in [2.75, 3.05) is 19.3 Å². The largest absolute Gasteiger partial charge is 0.343 e. The van der Waals surface area contributed by atoms with Gasteiger partial charge in [0.05, 0.1) is 16.9 Å². The number of aryl methyl sites for hydroxylation is 1. The van der Waals surface area contributed by atoms with Gasteiger partial charge in [-0.25, -0.2) is 8.42 Å². The van der Waals surface area contributed by atoms with E-state index < -0.39 is 9.84 Å². The van der Waals surface area contributed by atoms with Crippen LogP contribution in [-0.4, -0.2) is 43.8 Å². The monoisotopic (exact) mass is 320 g/mol. The molecule has 0 atom stereocenters. The van der Waals surface area contributed by atoms with Crippen molar-refractivity contribution in [2.45, 2.75) is 30.9 Å². The molecule has 1 aromatic rings. The highest BCUT2D eigenvalue weighted by Crippen LogP contribution is 2.18. The molecule has 6 heteroatoms. The van der Waals surface area contributed by atoms with E-state index in [0.29, 0.717) is 44.3 Å². The van der Waals surface area contributed by atoms with E-state index in [9.17, 15) is 13.2 Å². The number of amides is 1. The third-order valence-corrected chi connectivity index (χ3v) is 5.79. The molecule has 0 unspecified atom stereocenters. The van der Waals surface area contributed by atoms with Crippen molar-refractivity contribution >= 4 is 15.7 Å². The van der Waals surface area contributed by atoms with Gasteiger partial charge in [0.2, 0.25) is 5.91 Å². The van der Waals surface area contributed by atoms with E-state index in [-0.39, 0.29) is 11.2 Å². The Kier molecular flexibility index (Phi) is 5.19. The van der Waals surface area contributed by atoms with Gasteiger partial charge in [-0.15, -0.1) is 0 Å². The maximum absolute atomic E-state index is 12.2. The smallest absolute Gasteiger partial charge is 0.222 e. The fraction of sp³-hybridized carbons (Fsp3) is 0.500. The molecule has 0 aromatic heterocycles. The van der Waals surface area contributed by atoms with Gasteiger partial charge in [0.15, 0.2) is 0 Å². The quantitative estimate of drug-likeness (QED) is 0.843. The minimum absolute atomic E-state index is 0.0660. The Morgan fingerprint density at radius 3 is 2.36 bits per heavy atom. The molecule has 1 heterocycles. The third kappa shape index (κ3) is 4.31. The van der Waals surface area contributed by atoms with Crippen LogP contribution in [0.4, 0.5) is 0 Å². The van der Waals surface area contributed by atoms with Crippen LogP contribution in [0.5, 0.6) is 0 Å². The van der Waals surface area contributed by atoms with Gasteiger partial charge in [-0.3, -0.25) is 4.79 Å². The first kappa shape index (κ1) is 16.5. The normalized spacial score (nSPS) is 16.3. The lowest BCUT2D eigenvalue weighted by atomic mass is 10.1. The summed E-state index contributed by atoms with van der Waals surface area (Å²) in [5, 5.41) is 8.43. The van der Waals surface area contributed by atoms with Gasteiger partial charge in [-0.2, -0.15) is 5.26 Å². The summed E-state index contributed by atoms with van der Waals surface area (Å²) in [4.78, 5) is 13.9. The second-order valence-electron chi connectivity index (χ2n) is 5.72. The molecule has 0 aliphatic carbocycles. The lowest BCUT2D eigenvalue weighted by Gasteiger charge is -2.31. The molecule has 0 bridgehead atoms. The lowest BCUT2D eigenvalue weighted by Crippen LogP contribution is -2.42. The highest BCUT2D eigenvalue weighted by molar-refractivity contribution is 7.91. The van der Waals surface area contributed by atoms with Gasteiger partial charge in [0, 0.05) is 25.8 Å². The van der Waals surface area contributed by atoms with Crippen LogP contribution in [0.3, 0.4) is 0 Å². The molecular formula is C16H20N2O3S. The van der Waals surface area contributed by atoms with Crippen LogP contribution >= 0.6 is 0 Å². The van der Waals surface area contributed by atoms with Gasteiger partial charge < -0.3 is 4.90 Å². The van der Waals surface area contributed by atoms with Crippen LogP contribution in [-0.2, 0) is 21.1 Å².